The van der Waals surface area contributed by atoms with Crippen molar-refractivity contribution in [2.45, 2.75) is 25.7 Å². The van der Waals surface area contributed by atoms with Crippen molar-refractivity contribution < 1.29 is 22.1 Å². The molecule has 0 atom stereocenters. The van der Waals surface area contributed by atoms with Crippen molar-refractivity contribution in [3.63, 3.8) is 0 Å². The maximum atomic E-state index is 13.6. The lowest BCUT2D eigenvalue weighted by molar-refractivity contribution is -0.129. The Bertz CT molecular complexity index is 1250. The van der Waals surface area contributed by atoms with E-state index >= 15 is 0 Å². The molecule has 0 N–H and O–H groups in total. The van der Waals surface area contributed by atoms with Crippen molar-refractivity contribution >= 4 is 27.3 Å². The molecule has 10 heteroatoms. The number of aromatic nitrogens is 1. The number of benzene rings is 2. The third kappa shape index (κ3) is 4.77. The zero-order valence-electron chi connectivity index (χ0n) is 19.4. The zero-order chi connectivity index (χ0) is 24.5. The van der Waals surface area contributed by atoms with Crippen LogP contribution < -0.4 is 9.21 Å². The monoisotopic (exact) mass is 486 g/mol. The summed E-state index contributed by atoms with van der Waals surface area (Å²) in [6.07, 6.45) is 0. The van der Waals surface area contributed by atoms with Crippen LogP contribution in [0.3, 0.4) is 0 Å². The molecule has 0 saturated carbocycles. The molecule has 1 fully saturated rings. The minimum atomic E-state index is -4.09. The van der Waals surface area contributed by atoms with Gasteiger partial charge in [-0.05, 0) is 57.2 Å². The molecule has 1 amide bonds. The molecule has 1 aliphatic rings. The van der Waals surface area contributed by atoms with E-state index in [0.29, 0.717) is 31.9 Å². The number of halogens is 1. The third-order valence-electron chi connectivity index (χ3n) is 5.94. The second-order valence-corrected chi connectivity index (χ2v) is 10.1. The van der Waals surface area contributed by atoms with Crippen LogP contribution in [0.4, 0.5) is 15.8 Å². The predicted molar refractivity (Wildman–Crippen MR) is 127 cm³/mol. The number of aryl methyl sites for hydroxylation is 3. The minimum absolute atomic E-state index is 0.0259. The summed E-state index contributed by atoms with van der Waals surface area (Å²) in [6.45, 7) is 6.67. The molecular weight excluding hydrogens is 459 g/mol. The number of piperazine rings is 1. The summed E-state index contributed by atoms with van der Waals surface area (Å²) in [7, 11) is -4.09. The number of anilines is 2. The molecular formula is C24H27FN4O4S. The van der Waals surface area contributed by atoms with Gasteiger partial charge in [0.2, 0.25) is 5.91 Å². The first-order chi connectivity index (χ1) is 16.2. The molecule has 0 spiro atoms. The summed E-state index contributed by atoms with van der Waals surface area (Å²) in [5, 5.41) is 3.78. The summed E-state index contributed by atoms with van der Waals surface area (Å²) in [5.41, 5.74) is 2.50. The first kappa shape index (κ1) is 23.7. The van der Waals surface area contributed by atoms with Gasteiger partial charge in [0, 0.05) is 31.9 Å². The first-order valence-corrected chi connectivity index (χ1v) is 12.4. The Kier molecular flexibility index (Phi) is 6.60. The van der Waals surface area contributed by atoms with Crippen LogP contribution in [0.2, 0.25) is 0 Å². The van der Waals surface area contributed by atoms with Crippen molar-refractivity contribution in [3.8, 4) is 0 Å². The lowest BCUT2D eigenvalue weighted by Crippen LogP contribution is -2.52. The van der Waals surface area contributed by atoms with Crippen LogP contribution in [0, 0.1) is 26.6 Å². The van der Waals surface area contributed by atoms with Crippen molar-refractivity contribution in [2.24, 2.45) is 0 Å². The normalized spacial score (nSPS) is 14.4. The van der Waals surface area contributed by atoms with E-state index in [1.165, 1.54) is 19.1 Å². The van der Waals surface area contributed by atoms with Crippen molar-refractivity contribution in [1.82, 2.24) is 10.1 Å². The molecule has 0 bridgehead atoms. The number of nitrogens with zero attached hydrogens (tertiary/aromatic N) is 4. The highest BCUT2D eigenvalue weighted by atomic mass is 32.2. The number of carbonyl (C=O) groups excluding carboxylic acids is 1. The van der Waals surface area contributed by atoms with Gasteiger partial charge in [-0.1, -0.05) is 22.9 Å². The SMILES string of the molecule is Cc1ccc(N(CC(=O)N2CCN(c3ccc(F)cc3)CC2)S(=O)(=O)c2c(C)noc2C)cc1. The number of hydrogen-bond acceptors (Lipinski definition) is 6. The quantitative estimate of drug-likeness (QED) is 0.532. The van der Waals surface area contributed by atoms with Crippen LogP contribution in [0.5, 0.6) is 0 Å². The van der Waals surface area contributed by atoms with E-state index in [1.807, 2.05) is 6.92 Å². The third-order valence-corrected chi connectivity index (χ3v) is 7.96. The molecule has 8 nitrogen and oxygen atoms in total. The van der Waals surface area contributed by atoms with E-state index < -0.39 is 10.0 Å². The summed E-state index contributed by atoms with van der Waals surface area (Å²) in [4.78, 5) is 16.9. The van der Waals surface area contributed by atoms with Crippen LogP contribution >= 0.6 is 0 Å². The van der Waals surface area contributed by atoms with E-state index in [-0.39, 0.29) is 34.6 Å². The maximum Gasteiger partial charge on any atom is 0.270 e. The Hall–Kier alpha value is -3.40. The van der Waals surface area contributed by atoms with Gasteiger partial charge in [-0.15, -0.1) is 0 Å². The van der Waals surface area contributed by atoms with Crippen molar-refractivity contribution in [2.75, 3.05) is 41.9 Å². The summed E-state index contributed by atoms with van der Waals surface area (Å²) in [6, 6.07) is 13.2. The van der Waals surface area contributed by atoms with Gasteiger partial charge in [0.05, 0.1) is 5.69 Å². The van der Waals surface area contributed by atoms with E-state index in [9.17, 15) is 17.6 Å². The van der Waals surface area contributed by atoms with Gasteiger partial charge in [0.15, 0.2) is 10.7 Å². The van der Waals surface area contributed by atoms with Crippen molar-refractivity contribution in [1.29, 1.82) is 0 Å². The zero-order valence-corrected chi connectivity index (χ0v) is 20.2. The average Bonchev–Trinajstić information content (AvgIpc) is 3.17. The fourth-order valence-corrected chi connectivity index (χ4v) is 5.78. The van der Waals surface area contributed by atoms with Crippen LogP contribution in [-0.2, 0) is 14.8 Å². The Morgan fingerprint density at radius 1 is 1.00 bits per heavy atom. The van der Waals surface area contributed by atoms with Crippen LogP contribution in [0.25, 0.3) is 0 Å². The second kappa shape index (κ2) is 9.46. The fourth-order valence-electron chi connectivity index (χ4n) is 4.07. The number of sulfonamides is 1. The molecule has 0 aliphatic carbocycles. The van der Waals surface area contributed by atoms with E-state index in [4.69, 9.17) is 4.52 Å². The number of amides is 1. The van der Waals surface area contributed by atoms with Gasteiger partial charge >= 0.3 is 0 Å². The topological polar surface area (TPSA) is 87.0 Å². The standard InChI is InChI=1S/C24H27FN4O4S/c1-17-4-8-22(9-5-17)29(34(31,32)24-18(2)26-33-19(24)3)16-23(30)28-14-12-27(13-15-28)21-10-6-20(25)7-11-21/h4-11H,12-16H2,1-3H3. The summed E-state index contributed by atoms with van der Waals surface area (Å²) < 4.78 is 46.7. The lowest BCUT2D eigenvalue weighted by Gasteiger charge is -2.37. The Labute approximate surface area is 198 Å². The highest BCUT2D eigenvalue weighted by Gasteiger charge is 2.34. The van der Waals surface area contributed by atoms with Gasteiger partial charge in [-0.2, -0.15) is 0 Å². The molecule has 180 valence electrons. The van der Waals surface area contributed by atoms with E-state index in [2.05, 4.69) is 10.1 Å². The first-order valence-electron chi connectivity index (χ1n) is 11.0. The Morgan fingerprint density at radius 3 is 2.18 bits per heavy atom. The van der Waals surface area contributed by atoms with Crippen LogP contribution in [-0.4, -0.2) is 57.1 Å². The van der Waals surface area contributed by atoms with Gasteiger partial charge in [0.25, 0.3) is 10.0 Å². The molecule has 0 radical (unpaired) electrons. The molecule has 1 aromatic heterocycles. The molecule has 2 aromatic carbocycles. The number of hydrogen-bond donors (Lipinski definition) is 0. The van der Waals surface area contributed by atoms with Gasteiger partial charge in [-0.3, -0.25) is 9.10 Å². The predicted octanol–water partition coefficient (Wildman–Crippen LogP) is 3.28. The molecule has 0 unspecified atom stereocenters. The highest BCUT2D eigenvalue weighted by molar-refractivity contribution is 7.93. The average molecular weight is 487 g/mol. The van der Waals surface area contributed by atoms with Gasteiger partial charge in [0.1, 0.15) is 18.1 Å². The second-order valence-electron chi connectivity index (χ2n) is 8.34. The van der Waals surface area contributed by atoms with E-state index in [0.717, 1.165) is 15.6 Å². The number of rotatable bonds is 6. The minimum Gasteiger partial charge on any atom is -0.368 e. The van der Waals surface area contributed by atoms with Crippen molar-refractivity contribution in [3.05, 3.63) is 71.4 Å². The fraction of sp³-hybridized carbons (Fsp3) is 0.333. The maximum absolute atomic E-state index is 13.6. The van der Waals surface area contributed by atoms with Gasteiger partial charge < -0.3 is 14.3 Å². The Balaban J connectivity index is 1.54. The molecule has 1 aliphatic heterocycles. The molecule has 1 saturated heterocycles. The summed E-state index contributed by atoms with van der Waals surface area (Å²) >= 11 is 0. The molecule has 34 heavy (non-hydrogen) atoms. The van der Waals surface area contributed by atoms with Crippen LogP contribution in [0.15, 0.2) is 57.9 Å². The lowest BCUT2D eigenvalue weighted by atomic mass is 10.2. The summed E-state index contributed by atoms with van der Waals surface area (Å²) in [5.74, 6) is -0.419. The highest BCUT2D eigenvalue weighted by Crippen LogP contribution is 2.28. The Morgan fingerprint density at radius 2 is 1.62 bits per heavy atom. The smallest absolute Gasteiger partial charge is 0.270 e. The molecule has 3 aromatic rings. The number of carbonyl (C=O) groups is 1. The van der Waals surface area contributed by atoms with Gasteiger partial charge in [-0.25, -0.2) is 12.8 Å². The molecule has 2 heterocycles. The largest absolute Gasteiger partial charge is 0.368 e. The van der Waals surface area contributed by atoms with Crippen LogP contribution in [0.1, 0.15) is 17.0 Å². The molecule has 4 rings (SSSR count). The van der Waals surface area contributed by atoms with E-state index in [1.54, 1.807) is 48.2 Å².